The summed E-state index contributed by atoms with van der Waals surface area (Å²) in [4.78, 5) is 14.8. The fourth-order valence-corrected chi connectivity index (χ4v) is 3.40. The number of ether oxygens (including phenoxy) is 2. The maximum atomic E-state index is 13.0. The molecule has 1 aliphatic carbocycles. The molecule has 0 unspecified atom stereocenters. The third-order valence-electron chi connectivity index (χ3n) is 4.96. The smallest absolute Gasteiger partial charge is 0.323 e. The van der Waals surface area contributed by atoms with Crippen molar-refractivity contribution in [3.63, 3.8) is 0 Å². The molecule has 144 valence electrons. The standard InChI is InChI=1S/C20H26N4O3/c1-20(2)13-23(12-15-6-7-16(26-3)10-17(15)27-20)19(25)22-18-8-9-21-24(18)11-14-4-5-14/h6-10,14H,4-5,11-13H2,1-3H3,(H,22,25). The molecule has 2 aromatic rings. The normalized spacial score (nSPS) is 18.3. The SMILES string of the molecule is COc1ccc2c(c1)OC(C)(C)CN(C(=O)Nc1ccnn1CC1CC1)C2. The first-order chi connectivity index (χ1) is 12.9. The minimum Gasteiger partial charge on any atom is -0.497 e. The molecular weight excluding hydrogens is 344 g/mol. The molecule has 1 aromatic heterocycles. The van der Waals surface area contributed by atoms with Gasteiger partial charge in [0.1, 0.15) is 22.9 Å². The number of amides is 2. The number of fused-ring (bicyclic) bond motifs is 1. The molecule has 2 aliphatic rings. The molecule has 0 spiro atoms. The van der Waals surface area contributed by atoms with Crippen LogP contribution in [-0.4, -0.2) is 40.0 Å². The number of benzene rings is 1. The van der Waals surface area contributed by atoms with Crippen LogP contribution < -0.4 is 14.8 Å². The molecule has 2 heterocycles. The van der Waals surface area contributed by atoms with Gasteiger partial charge in [0.15, 0.2) is 0 Å². The summed E-state index contributed by atoms with van der Waals surface area (Å²) in [5.41, 5.74) is 0.450. The Labute approximate surface area is 159 Å². The molecule has 1 aromatic carbocycles. The summed E-state index contributed by atoms with van der Waals surface area (Å²) in [5.74, 6) is 2.93. The second-order valence-electron chi connectivity index (χ2n) is 7.96. The first kappa shape index (κ1) is 17.7. The van der Waals surface area contributed by atoms with E-state index in [1.165, 1.54) is 12.8 Å². The van der Waals surface area contributed by atoms with Crippen LogP contribution in [0.2, 0.25) is 0 Å². The second-order valence-corrected chi connectivity index (χ2v) is 7.96. The first-order valence-corrected chi connectivity index (χ1v) is 9.37. The van der Waals surface area contributed by atoms with Crippen LogP contribution in [0, 0.1) is 5.92 Å². The summed E-state index contributed by atoms with van der Waals surface area (Å²) in [7, 11) is 1.63. The maximum absolute atomic E-state index is 13.0. The Morgan fingerprint density at radius 2 is 2.19 bits per heavy atom. The van der Waals surface area contributed by atoms with E-state index in [1.54, 1.807) is 18.2 Å². The fraction of sp³-hybridized carbons (Fsp3) is 0.500. The van der Waals surface area contributed by atoms with Crippen LogP contribution in [0.25, 0.3) is 0 Å². The monoisotopic (exact) mass is 370 g/mol. The highest BCUT2D eigenvalue weighted by Crippen LogP contribution is 2.33. The molecule has 0 atom stereocenters. The van der Waals surface area contributed by atoms with E-state index in [9.17, 15) is 4.79 Å². The molecule has 1 fully saturated rings. The minimum atomic E-state index is -0.511. The number of nitrogens with one attached hydrogen (secondary N) is 1. The number of urea groups is 1. The number of methoxy groups -OCH3 is 1. The largest absolute Gasteiger partial charge is 0.497 e. The molecule has 0 bridgehead atoms. The van der Waals surface area contributed by atoms with Crippen molar-refractivity contribution in [3.8, 4) is 11.5 Å². The lowest BCUT2D eigenvalue weighted by atomic mass is 10.1. The van der Waals surface area contributed by atoms with Gasteiger partial charge in [-0.3, -0.25) is 5.32 Å². The number of rotatable bonds is 4. The van der Waals surface area contributed by atoms with Gasteiger partial charge in [-0.05, 0) is 44.7 Å². The van der Waals surface area contributed by atoms with E-state index in [1.807, 2.05) is 42.8 Å². The zero-order valence-corrected chi connectivity index (χ0v) is 16.1. The van der Waals surface area contributed by atoms with Crippen molar-refractivity contribution in [3.05, 3.63) is 36.0 Å². The summed E-state index contributed by atoms with van der Waals surface area (Å²) < 4.78 is 13.4. The van der Waals surface area contributed by atoms with E-state index in [2.05, 4.69) is 10.4 Å². The number of hydrogen-bond acceptors (Lipinski definition) is 4. The van der Waals surface area contributed by atoms with E-state index in [0.29, 0.717) is 19.0 Å². The van der Waals surface area contributed by atoms with Crippen LogP contribution in [0.4, 0.5) is 10.6 Å². The van der Waals surface area contributed by atoms with Gasteiger partial charge in [-0.1, -0.05) is 0 Å². The number of anilines is 1. The highest BCUT2D eigenvalue weighted by molar-refractivity contribution is 5.88. The summed E-state index contributed by atoms with van der Waals surface area (Å²) in [6.45, 7) is 5.79. The molecule has 1 saturated carbocycles. The van der Waals surface area contributed by atoms with Crippen molar-refractivity contribution in [1.82, 2.24) is 14.7 Å². The van der Waals surface area contributed by atoms with E-state index >= 15 is 0 Å². The van der Waals surface area contributed by atoms with E-state index in [0.717, 1.165) is 29.4 Å². The lowest BCUT2D eigenvalue weighted by molar-refractivity contribution is 0.0832. The van der Waals surface area contributed by atoms with Crippen molar-refractivity contribution in [2.45, 2.75) is 45.4 Å². The molecule has 7 heteroatoms. The Bertz CT molecular complexity index is 842. The van der Waals surface area contributed by atoms with Gasteiger partial charge in [-0.2, -0.15) is 5.10 Å². The molecule has 4 rings (SSSR count). The van der Waals surface area contributed by atoms with Gasteiger partial charge >= 0.3 is 6.03 Å². The number of carbonyl (C=O) groups excluding carboxylic acids is 1. The molecule has 1 N–H and O–H groups in total. The predicted octanol–water partition coefficient (Wildman–Crippen LogP) is 3.51. The highest BCUT2D eigenvalue weighted by Gasteiger charge is 2.32. The Morgan fingerprint density at radius 1 is 1.37 bits per heavy atom. The van der Waals surface area contributed by atoms with Gasteiger partial charge in [-0.25, -0.2) is 9.48 Å². The Hall–Kier alpha value is -2.70. The number of carbonyl (C=O) groups is 1. The quantitative estimate of drug-likeness (QED) is 0.894. The van der Waals surface area contributed by atoms with Crippen LogP contribution >= 0.6 is 0 Å². The first-order valence-electron chi connectivity index (χ1n) is 9.37. The Morgan fingerprint density at radius 3 is 2.93 bits per heavy atom. The topological polar surface area (TPSA) is 68.6 Å². The Balaban J connectivity index is 1.53. The maximum Gasteiger partial charge on any atom is 0.323 e. The van der Waals surface area contributed by atoms with Crippen molar-refractivity contribution < 1.29 is 14.3 Å². The van der Waals surface area contributed by atoms with Gasteiger partial charge in [0.25, 0.3) is 0 Å². The highest BCUT2D eigenvalue weighted by atomic mass is 16.5. The zero-order chi connectivity index (χ0) is 19.0. The van der Waals surface area contributed by atoms with Gasteiger partial charge in [0, 0.05) is 24.2 Å². The summed E-state index contributed by atoms with van der Waals surface area (Å²) in [6, 6.07) is 7.42. The number of nitrogens with zero attached hydrogens (tertiary/aromatic N) is 3. The van der Waals surface area contributed by atoms with Gasteiger partial charge < -0.3 is 14.4 Å². The lowest BCUT2D eigenvalue weighted by Gasteiger charge is -2.29. The van der Waals surface area contributed by atoms with Crippen molar-refractivity contribution in [2.24, 2.45) is 5.92 Å². The fourth-order valence-electron chi connectivity index (χ4n) is 3.40. The third-order valence-corrected chi connectivity index (χ3v) is 4.96. The van der Waals surface area contributed by atoms with Gasteiger partial charge in [-0.15, -0.1) is 0 Å². The third kappa shape index (κ3) is 4.02. The zero-order valence-electron chi connectivity index (χ0n) is 16.1. The Kier molecular flexibility index (Phi) is 4.45. The molecule has 0 radical (unpaired) electrons. The van der Waals surface area contributed by atoms with Gasteiger partial charge in [0.2, 0.25) is 0 Å². The lowest BCUT2D eigenvalue weighted by Crippen LogP contribution is -2.45. The number of hydrogen-bond donors (Lipinski definition) is 1. The molecular formula is C20H26N4O3. The van der Waals surface area contributed by atoms with Crippen LogP contribution in [0.1, 0.15) is 32.3 Å². The minimum absolute atomic E-state index is 0.145. The van der Waals surface area contributed by atoms with E-state index in [-0.39, 0.29) is 6.03 Å². The van der Waals surface area contributed by atoms with Crippen LogP contribution in [0.5, 0.6) is 11.5 Å². The van der Waals surface area contributed by atoms with Crippen molar-refractivity contribution >= 4 is 11.8 Å². The molecule has 1 aliphatic heterocycles. The van der Waals surface area contributed by atoms with Crippen LogP contribution in [0.15, 0.2) is 30.5 Å². The average molecular weight is 370 g/mol. The van der Waals surface area contributed by atoms with E-state index < -0.39 is 5.60 Å². The summed E-state index contributed by atoms with van der Waals surface area (Å²) in [6.07, 6.45) is 4.21. The average Bonchev–Trinajstić information content (AvgIpc) is 3.36. The number of aromatic nitrogens is 2. The summed E-state index contributed by atoms with van der Waals surface area (Å²) >= 11 is 0. The molecule has 27 heavy (non-hydrogen) atoms. The van der Waals surface area contributed by atoms with E-state index in [4.69, 9.17) is 9.47 Å². The van der Waals surface area contributed by atoms with Gasteiger partial charge in [0.05, 0.1) is 26.4 Å². The van der Waals surface area contributed by atoms with Crippen molar-refractivity contribution in [1.29, 1.82) is 0 Å². The van der Waals surface area contributed by atoms with Crippen molar-refractivity contribution in [2.75, 3.05) is 19.0 Å². The molecule has 2 amide bonds. The van der Waals surface area contributed by atoms with Crippen LogP contribution in [-0.2, 0) is 13.1 Å². The molecule has 7 nitrogen and oxygen atoms in total. The second kappa shape index (κ2) is 6.79. The summed E-state index contributed by atoms with van der Waals surface area (Å²) in [5, 5.41) is 7.36. The van der Waals surface area contributed by atoms with Crippen LogP contribution in [0.3, 0.4) is 0 Å². The predicted molar refractivity (Wildman–Crippen MR) is 102 cm³/mol. The molecule has 0 saturated heterocycles.